The minimum Gasteiger partial charge on any atom is -0.507 e. The van der Waals surface area contributed by atoms with Crippen molar-refractivity contribution >= 4 is 11.9 Å². The summed E-state index contributed by atoms with van der Waals surface area (Å²) in [5.74, 6) is -0.180. The van der Waals surface area contributed by atoms with E-state index in [-0.39, 0.29) is 17.7 Å². The predicted octanol–water partition coefficient (Wildman–Crippen LogP) is 2.19. The van der Waals surface area contributed by atoms with Crippen molar-refractivity contribution < 1.29 is 14.7 Å². The third-order valence-corrected chi connectivity index (χ3v) is 4.92. The highest BCUT2D eigenvalue weighted by molar-refractivity contribution is 5.97. The molecule has 1 aromatic carbocycles. The molecule has 3 rings (SSSR count). The third-order valence-electron chi connectivity index (χ3n) is 4.92. The molecule has 130 valence electrons. The Balaban J connectivity index is 1.51. The molecule has 0 spiro atoms. The molecule has 1 saturated carbocycles. The van der Waals surface area contributed by atoms with E-state index in [0.29, 0.717) is 37.8 Å². The van der Waals surface area contributed by atoms with Crippen LogP contribution in [0.4, 0.5) is 4.79 Å². The summed E-state index contributed by atoms with van der Waals surface area (Å²) in [6, 6.07) is 6.85. The number of benzene rings is 1. The fourth-order valence-corrected chi connectivity index (χ4v) is 3.45. The Hall–Kier alpha value is -2.24. The molecule has 0 bridgehead atoms. The summed E-state index contributed by atoms with van der Waals surface area (Å²) in [5, 5.41) is 12.9. The molecular weight excluding hydrogens is 306 g/mol. The Labute approximate surface area is 142 Å². The van der Waals surface area contributed by atoms with Crippen molar-refractivity contribution in [1.29, 1.82) is 0 Å². The zero-order valence-electron chi connectivity index (χ0n) is 13.9. The first kappa shape index (κ1) is 16.6. The van der Waals surface area contributed by atoms with Crippen LogP contribution in [0.2, 0.25) is 0 Å². The Morgan fingerprint density at radius 3 is 2.25 bits per heavy atom. The normalized spacial score (nSPS) is 19.2. The van der Waals surface area contributed by atoms with Crippen LogP contribution < -0.4 is 5.32 Å². The lowest BCUT2D eigenvalue weighted by atomic mass is 9.96. The Bertz CT molecular complexity index is 591. The first-order valence-corrected chi connectivity index (χ1v) is 8.78. The molecule has 1 aliphatic carbocycles. The predicted molar refractivity (Wildman–Crippen MR) is 91.0 cm³/mol. The Kier molecular flexibility index (Phi) is 5.23. The van der Waals surface area contributed by atoms with E-state index in [0.717, 1.165) is 12.8 Å². The first-order chi connectivity index (χ1) is 11.6. The summed E-state index contributed by atoms with van der Waals surface area (Å²) in [6.07, 6.45) is 5.77. The van der Waals surface area contributed by atoms with Gasteiger partial charge in [-0.2, -0.15) is 0 Å². The molecule has 24 heavy (non-hydrogen) atoms. The molecule has 1 aromatic rings. The molecule has 0 aromatic heterocycles. The highest BCUT2D eigenvalue weighted by Crippen LogP contribution is 2.20. The van der Waals surface area contributed by atoms with E-state index in [2.05, 4.69) is 5.32 Å². The number of nitrogens with zero attached hydrogens (tertiary/aromatic N) is 2. The molecule has 0 unspecified atom stereocenters. The van der Waals surface area contributed by atoms with Crippen LogP contribution in [0.5, 0.6) is 5.75 Å². The van der Waals surface area contributed by atoms with E-state index >= 15 is 0 Å². The number of para-hydroxylation sites is 1. The number of aromatic hydroxyl groups is 1. The summed E-state index contributed by atoms with van der Waals surface area (Å²) in [6.45, 7) is 2.03. The maximum absolute atomic E-state index is 12.5. The third kappa shape index (κ3) is 3.80. The largest absolute Gasteiger partial charge is 0.507 e. The molecule has 3 amide bonds. The Morgan fingerprint density at radius 1 is 0.958 bits per heavy atom. The van der Waals surface area contributed by atoms with Crippen LogP contribution in [0.3, 0.4) is 0 Å². The van der Waals surface area contributed by atoms with E-state index in [9.17, 15) is 14.7 Å². The van der Waals surface area contributed by atoms with Crippen LogP contribution in [-0.2, 0) is 0 Å². The molecule has 2 N–H and O–H groups in total. The van der Waals surface area contributed by atoms with Gasteiger partial charge in [-0.25, -0.2) is 4.79 Å². The highest BCUT2D eigenvalue weighted by atomic mass is 16.3. The van der Waals surface area contributed by atoms with Crippen molar-refractivity contribution in [2.45, 2.75) is 38.1 Å². The van der Waals surface area contributed by atoms with Crippen molar-refractivity contribution in [3.05, 3.63) is 29.8 Å². The van der Waals surface area contributed by atoms with Gasteiger partial charge in [-0.3, -0.25) is 4.79 Å². The number of hydrogen-bond acceptors (Lipinski definition) is 3. The lowest BCUT2D eigenvalue weighted by molar-refractivity contribution is 0.0659. The van der Waals surface area contributed by atoms with Crippen LogP contribution >= 0.6 is 0 Å². The highest BCUT2D eigenvalue weighted by Gasteiger charge is 2.27. The zero-order chi connectivity index (χ0) is 16.9. The number of rotatable bonds is 2. The molecular formula is C18H25N3O3. The van der Waals surface area contributed by atoms with E-state index in [1.165, 1.54) is 25.3 Å². The van der Waals surface area contributed by atoms with Gasteiger partial charge in [0.05, 0.1) is 5.56 Å². The zero-order valence-corrected chi connectivity index (χ0v) is 13.9. The maximum Gasteiger partial charge on any atom is 0.317 e. The first-order valence-electron chi connectivity index (χ1n) is 8.78. The van der Waals surface area contributed by atoms with Gasteiger partial charge in [-0.1, -0.05) is 31.4 Å². The van der Waals surface area contributed by atoms with Gasteiger partial charge in [0.1, 0.15) is 5.75 Å². The van der Waals surface area contributed by atoms with Gasteiger partial charge in [-0.05, 0) is 25.0 Å². The van der Waals surface area contributed by atoms with Gasteiger partial charge in [0.25, 0.3) is 5.91 Å². The lowest BCUT2D eigenvalue weighted by Gasteiger charge is -2.36. The van der Waals surface area contributed by atoms with Crippen LogP contribution in [-0.4, -0.2) is 59.1 Å². The average molecular weight is 331 g/mol. The number of carbonyl (C=O) groups is 2. The van der Waals surface area contributed by atoms with E-state index in [1.807, 2.05) is 0 Å². The topological polar surface area (TPSA) is 72.9 Å². The van der Waals surface area contributed by atoms with Crippen LogP contribution in [0.1, 0.15) is 42.5 Å². The number of carbonyl (C=O) groups excluding carboxylic acids is 2. The van der Waals surface area contributed by atoms with E-state index in [4.69, 9.17) is 0 Å². The fourth-order valence-electron chi connectivity index (χ4n) is 3.45. The smallest absolute Gasteiger partial charge is 0.317 e. The second-order valence-corrected chi connectivity index (χ2v) is 6.58. The van der Waals surface area contributed by atoms with Gasteiger partial charge in [-0.15, -0.1) is 0 Å². The number of phenols is 1. The van der Waals surface area contributed by atoms with Gasteiger partial charge >= 0.3 is 6.03 Å². The number of amides is 3. The second-order valence-electron chi connectivity index (χ2n) is 6.58. The van der Waals surface area contributed by atoms with Crippen molar-refractivity contribution in [2.75, 3.05) is 26.2 Å². The van der Waals surface area contributed by atoms with Gasteiger partial charge < -0.3 is 20.2 Å². The molecule has 1 saturated heterocycles. The summed E-state index contributed by atoms with van der Waals surface area (Å²) >= 11 is 0. The van der Waals surface area contributed by atoms with E-state index in [1.54, 1.807) is 28.0 Å². The Morgan fingerprint density at radius 2 is 1.58 bits per heavy atom. The lowest BCUT2D eigenvalue weighted by Crippen LogP contribution is -2.54. The molecule has 0 atom stereocenters. The minimum atomic E-state index is -0.180. The average Bonchev–Trinajstić information content (AvgIpc) is 2.62. The second kappa shape index (κ2) is 7.55. The molecule has 2 aliphatic rings. The SMILES string of the molecule is O=C(NC1CCCCC1)N1CCN(C(=O)c2ccccc2O)CC1. The number of urea groups is 1. The number of nitrogens with one attached hydrogen (secondary N) is 1. The summed E-state index contributed by atoms with van der Waals surface area (Å²) in [7, 11) is 0. The fraction of sp³-hybridized carbons (Fsp3) is 0.556. The maximum atomic E-state index is 12.5. The number of hydrogen-bond donors (Lipinski definition) is 2. The molecule has 2 fully saturated rings. The van der Waals surface area contributed by atoms with E-state index < -0.39 is 0 Å². The molecule has 0 radical (unpaired) electrons. The van der Waals surface area contributed by atoms with Crippen molar-refractivity contribution in [2.24, 2.45) is 0 Å². The van der Waals surface area contributed by atoms with Gasteiger partial charge in [0.2, 0.25) is 0 Å². The summed E-state index contributed by atoms with van der Waals surface area (Å²) in [5.41, 5.74) is 0.317. The van der Waals surface area contributed by atoms with Crippen LogP contribution in [0.25, 0.3) is 0 Å². The quantitative estimate of drug-likeness (QED) is 0.872. The van der Waals surface area contributed by atoms with Gasteiger partial charge in [0.15, 0.2) is 0 Å². The number of phenolic OH excluding ortho intramolecular Hbond substituents is 1. The standard InChI is InChI=1S/C18H25N3O3/c22-16-9-5-4-8-15(16)17(23)20-10-12-21(13-11-20)18(24)19-14-6-2-1-3-7-14/h4-5,8-9,14,22H,1-3,6-7,10-13H2,(H,19,24). The summed E-state index contributed by atoms with van der Waals surface area (Å²) < 4.78 is 0. The molecule has 1 heterocycles. The minimum absolute atomic E-state index is 0.0000267. The van der Waals surface area contributed by atoms with Crippen LogP contribution in [0.15, 0.2) is 24.3 Å². The van der Waals surface area contributed by atoms with Crippen molar-refractivity contribution in [1.82, 2.24) is 15.1 Å². The molecule has 6 heteroatoms. The van der Waals surface area contributed by atoms with Crippen molar-refractivity contribution in [3.8, 4) is 5.75 Å². The monoisotopic (exact) mass is 331 g/mol. The van der Waals surface area contributed by atoms with Gasteiger partial charge in [0, 0.05) is 32.2 Å². The molecule has 1 aliphatic heterocycles. The summed E-state index contributed by atoms with van der Waals surface area (Å²) in [4.78, 5) is 28.3. The van der Waals surface area contributed by atoms with Crippen molar-refractivity contribution in [3.63, 3.8) is 0 Å². The number of piperazine rings is 1. The molecule has 6 nitrogen and oxygen atoms in total. The van der Waals surface area contributed by atoms with Crippen LogP contribution in [0, 0.1) is 0 Å².